The average Bonchev–Trinajstić information content (AvgIpc) is 3.03. The highest BCUT2D eigenvalue weighted by atomic mass is 16.5. The van der Waals surface area contributed by atoms with Gasteiger partial charge in [0.2, 0.25) is 0 Å². The largest absolute Gasteiger partial charge is 0.466 e. The number of amides is 1. The van der Waals surface area contributed by atoms with E-state index in [0.717, 1.165) is 12.8 Å². The van der Waals surface area contributed by atoms with E-state index in [9.17, 15) is 14.9 Å². The van der Waals surface area contributed by atoms with Crippen LogP contribution in [-0.2, 0) is 9.53 Å². The smallest absolute Gasteiger partial charge is 0.342 e. The minimum Gasteiger partial charge on any atom is -0.466 e. The second-order valence-corrected chi connectivity index (χ2v) is 5.35. The van der Waals surface area contributed by atoms with Crippen LogP contribution in [-0.4, -0.2) is 24.0 Å². The van der Waals surface area contributed by atoms with E-state index in [2.05, 4.69) is 11.4 Å². The van der Waals surface area contributed by atoms with Gasteiger partial charge in [-0.15, -0.1) is 0 Å². The van der Waals surface area contributed by atoms with Gasteiger partial charge in [-0.1, -0.05) is 0 Å². The van der Waals surface area contributed by atoms with Crippen molar-refractivity contribution in [2.24, 2.45) is 0 Å². The second kappa shape index (κ2) is 6.00. The van der Waals surface area contributed by atoms with Crippen molar-refractivity contribution in [1.82, 2.24) is 5.32 Å². The molecule has 0 radical (unpaired) electrons. The van der Waals surface area contributed by atoms with Crippen LogP contribution in [0.2, 0.25) is 0 Å². The fourth-order valence-corrected chi connectivity index (χ4v) is 2.59. The monoisotopic (exact) mass is 290 g/mol. The van der Waals surface area contributed by atoms with Crippen LogP contribution in [0.15, 0.2) is 10.5 Å². The summed E-state index contributed by atoms with van der Waals surface area (Å²) in [6.45, 7) is 2.99. The number of aryl methyl sites for hydroxylation is 2. The van der Waals surface area contributed by atoms with Gasteiger partial charge in [0.1, 0.15) is 22.6 Å². The van der Waals surface area contributed by atoms with Crippen LogP contribution in [0.4, 0.5) is 0 Å². The van der Waals surface area contributed by atoms with Crippen LogP contribution in [0, 0.1) is 25.2 Å². The topological polar surface area (TPSA) is 92.3 Å². The normalized spacial score (nSPS) is 16.2. The van der Waals surface area contributed by atoms with Gasteiger partial charge in [-0.2, -0.15) is 5.26 Å². The first-order valence-corrected chi connectivity index (χ1v) is 6.92. The molecule has 0 aliphatic heterocycles. The number of carbonyl (C=O) groups is 2. The van der Waals surface area contributed by atoms with E-state index in [1.807, 2.05) is 0 Å². The summed E-state index contributed by atoms with van der Waals surface area (Å²) >= 11 is 0. The molecule has 1 aliphatic carbocycles. The van der Waals surface area contributed by atoms with Crippen molar-refractivity contribution in [2.45, 2.75) is 45.1 Å². The lowest BCUT2D eigenvalue weighted by atomic mass is 10.00. The summed E-state index contributed by atoms with van der Waals surface area (Å²) in [6, 6.07) is 3.73. The first-order valence-electron chi connectivity index (χ1n) is 6.92. The Hall–Kier alpha value is -2.29. The van der Waals surface area contributed by atoms with Crippen molar-refractivity contribution in [3.8, 4) is 6.07 Å². The van der Waals surface area contributed by atoms with E-state index >= 15 is 0 Å². The lowest BCUT2D eigenvalue weighted by molar-refractivity contribution is -0.125. The molecule has 0 aromatic carbocycles. The van der Waals surface area contributed by atoms with Gasteiger partial charge in [0.15, 0.2) is 6.61 Å². The fourth-order valence-electron chi connectivity index (χ4n) is 2.59. The van der Waals surface area contributed by atoms with E-state index in [4.69, 9.17) is 9.15 Å². The van der Waals surface area contributed by atoms with Crippen molar-refractivity contribution in [3.63, 3.8) is 0 Å². The van der Waals surface area contributed by atoms with Crippen LogP contribution >= 0.6 is 0 Å². The lowest BCUT2D eigenvalue weighted by Gasteiger charge is -2.21. The minimum absolute atomic E-state index is 0.316. The molecule has 0 bridgehead atoms. The van der Waals surface area contributed by atoms with Crippen LogP contribution in [0.3, 0.4) is 0 Å². The predicted molar refractivity (Wildman–Crippen MR) is 73.4 cm³/mol. The molecule has 1 N–H and O–H groups in total. The SMILES string of the molecule is Cc1cc(C(=O)OCC(=O)NC2(C#N)CCCC2)c(C)o1. The Morgan fingerprint density at radius 3 is 2.62 bits per heavy atom. The number of hydrogen-bond donors (Lipinski definition) is 1. The highest BCUT2D eigenvalue weighted by Gasteiger charge is 2.35. The Kier molecular flexibility index (Phi) is 4.32. The van der Waals surface area contributed by atoms with E-state index in [1.165, 1.54) is 0 Å². The molecule has 6 heteroatoms. The Balaban J connectivity index is 1.88. The maximum atomic E-state index is 11.8. The van der Waals surface area contributed by atoms with Gasteiger partial charge in [0.05, 0.1) is 6.07 Å². The maximum Gasteiger partial charge on any atom is 0.342 e. The number of nitrogens with zero attached hydrogens (tertiary/aromatic N) is 1. The molecule has 0 atom stereocenters. The zero-order valence-electron chi connectivity index (χ0n) is 12.2. The van der Waals surface area contributed by atoms with Crippen molar-refractivity contribution < 1.29 is 18.7 Å². The molecule has 6 nitrogen and oxygen atoms in total. The first kappa shape index (κ1) is 15.1. The highest BCUT2D eigenvalue weighted by molar-refractivity contribution is 5.92. The Bertz CT molecular complexity index is 591. The van der Waals surface area contributed by atoms with Gasteiger partial charge >= 0.3 is 5.97 Å². The molecule has 1 heterocycles. The molecule has 1 aliphatic rings. The fraction of sp³-hybridized carbons (Fsp3) is 0.533. The molecule has 1 aromatic rings. The minimum atomic E-state index is -0.800. The molecule has 0 unspecified atom stereocenters. The van der Waals surface area contributed by atoms with Crippen LogP contribution in [0.5, 0.6) is 0 Å². The van der Waals surface area contributed by atoms with Crippen LogP contribution < -0.4 is 5.32 Å². The third-order valence-corrected chi connectivity index (χ3v) is 3.65. The van der Waals surface area contributed by atoms with Gasteiger partial charge in [0.25, 0.3) is 5.91 Å². The Morgan fingerprint density at radius 2 is 2.10 bits per heavy atom. The first-order chi connectivity index (χ1) is 9.96. The summed E-state index contributed by atoms with van der Waals surface area (Å²) < 4.78 is 10.2. The highest BCUT2D eigenvalue weighted by Crippen LogP contribution is 2.28. The van der Waals surface area contributed by atoms with Gasteiger partial charge in [0, 0.05) is 0 Å². The maximum absolute atomic E-state index is 11.8. The van der Waals surface area contributed by atoms with E-state index in [0.29, 0.717) is 29.9 Å². The molecule has 2 rings (SSSR count). The average molecular weight is 290 g/mol. The Morgan fingerprint density at radius 1 is 1.43 bits per heavy atom. The van der Waals surface area contributed by atoms with Crippen molar-refractivity contribution >= 4 is 11.9 Å². The number of hydrogen-bond acceptors (Lipinski definition) is 5. The molecular formula is C15H18N2O4. The molecule has 1 saturated carbocycles. The molecule has 0 saturated heterocycles. The summed E-state index contributed by atoms with van der Waals surface area (Å²) in [4.78, 5) is 23.7. The van der Waals surface area contributed by atoms with Gasteiger partial charge in [-0.25, -0.2) is 4.79 Å². The number of nitriles is 1. The molecule has 112 valence electrons. The number of esters is 1. The molecular weight excluding hydrogens is 272 g/mol. The van der Waals surface area contributed by atoms with E-state index in [1.54, 1.807) is 19.9 Å². The summed E-state index contributed by atoms with van der Waals surface area (Å²) in [7, 11) is 0. The van der Waals surface area contributed by atoms with E-state index < -0.39 is 24.0 Å². The van der Waals surface area contributed by atoms with Gasteiger partial charge < -0.3 is 14.5 Å². The molecule has 1 aromatic heterocycles. The molecule has 21 heavy (non-hydrogen) atoms. The molecule has 0 spiro atoms. The van der Waals surface area contributed by atoms with Gasteiger partial charge in [-0.05, 0) is 45.6 Å². The van der Waals surface area contributed by atoms with Crippen molar-refractivity contribution in [2.75, 3.05) is 6.61 Å². The number of carbonyl (C=O) groups excluding carboxylic acids is 2. The summed E-state index contributed by atoms with van der Waals surface area (Å²) in [6.07, 6.45) is 3.12. The number of rotatable bonds is 4. The predicted octanol–water partition coefficient (Wildman–Crippen LogP) is 2.01. The number of furan rings is 1. The van der Waals surface area contributed by atoms with E-state index in [-0.39, 0.29) is 0 Å². The number of ether oxygens (including phenoxy) is 1. The Labute approximate surface area is 123 Å². The number of nitrogens with one attached hydrogen (secondary N) is 1. The molecule has 1 amide bonds. The quantitative estimate of drug-likeness (QED) is 0.856. The summed E-state index contributed by atoms with van der Waals surface area (Å²) in [5, 5.41) is 11.8. The standard InChI is InChI=1S/C15H18N2O4/c1-10-7-12(11(2)21-10)14(19)20-8-13(18)17-15(9-16)5-3-4-6-15/h7H,3-6,8H2,1-2H3,(H,17,18). The lowest BCUT2D eigenvalue weighted by Crippen LogP contribution is -2.46. The molecule has 1 fully saturated rings. The van der Waals surface area contributed by atoms with Crippen LogP contribution in [0.1, 0.15) is 47.6 Å². The third kappa shape index (κ3) is 3.43. The van der Waals surface area contributed by atoms with Crippen LogP contribution in [0.25, 0.3) is 0 Å². The third-order valence-electron chi connectivity index (χ3n) is 3.65. The zero-order chi connectivity index (χ0) is 15.5. The van der Waals surface area contributed by atoms with Crippen molar-refractivity contribution in [3.05, 3.63) is 23.2 Å². The zero-order valence-corrected chi connectivity index (χ0v) is 12.2. The van der Waals surface area contributed by atoms with Gasteiger partial charge in [-0.3, -0.25) is 4.79 Å². The summed E-state index contributed by atoms with van der Waals surface area (Å²) in [5.41, 5.74) is -0.484. The summed E-state index contributed by atoms with van der Waals surface area (Å²) in [5.74, 6) is 0.0158. The van der Waals surface area contributed by atoms with Crippen molar-refractivity contribution in [1.29, 1.82) is 5.26 Å². The second-order valence-electron chi connectivity index (χ2n) is 5.35.